The summed E-state index contributed by atoms with van der Waals surface area (Å²) in [5.74, 6) is 0.479. The molecule has 0 amide bonds. The number of rotatable bonds is 5. The summed E-state index contributed by atoms with van der Waals surface area (Å²) in [6.45, 7) is -0.149. The molecule has 4 rings (SSSR count). The summed E-state index contributed by atoms with van der Waals surface area (Å²) in [5, 5.41) is 42.9. The number of hydrogen-bond acceptors (Lipinski definition) is 9. The number of benzene rings is 1. The fourth-order valence-electron chi connectivity index (χ4n) is 3.14. The predicted molar refractivity (Wildman–Crippen MR) is 98.8 cm³/mol. The molecule has 1 aromatic carbocycles. The van der Waals surface area contributed by atoms with Crippen LogP contribution in [0.25, 0.3) is 11.2 Å². The molecular formula is C17H18ClN5O5. The molecule has 3 aromatic rings. The Bertz CT molecular complexity index is 999. The van der Waals surface area contributed by atoms with Crippen LogP contribution in [-0.4, -0.2) is 64.9 Å². The lowest BCUT2D eigenvalue weighted by Crippen LogP contribution is -2.33. The summed E-state index contributed by atoms with van der Waals surface area (Å²) in [4.78, 5) is 12.6. The zero-order valence-corrected chi connectivity index (χ0v) is 15.2. The number of ether oxygens (including phenoxy) is 1. The van der Waals surface area contributed by atoms with Crippen LogP contribution in [0.5, 0.6) is 5.75 Å². The first kappa shape index (κ1) is 18.8. The summed E-state index contributed by atoms with van der Waals surface area (Å²) in [5.41, 5.74) is 1.43. The largest absolute Gasteiger partial charge is 0.508 e. The number of nitrogens with one attached hydrogen (secondary N) is 1. The molecular weight excluding hydrogens is 390 g/mol. The Hall–Kier alpha value is -2.50. The van der Waals surface area contributed by atoms with Crippen molar-refractivity contribution in [3.63, 3.8) is 0 Å². The van der Waals surface area contributed by atoms with Gasteiger partial charge in [-0.3, -0.25) is 4.57 Å². The van der Waals surface area contributed by atoms with E-state index in [1.807, 2.05) is 0 Å². The van der Waals surface area contributed by atoms with Gasteiger partial charge in [-0.15, -0.1) is 0 Å². The van der Waals surface area contributed by atoms with E-state index in [-0.39, 0.29) is 12.3 Å². The minimum Gasteiger partial charge on any atom is -0.508 e. The van der Waals surface area contributed by atoms with Crippen molar-refractivity contribution in [3.8, 4) is 5.75 Å². The summed E-state index contributed by atoms with van der Waals surface area (Å²) >= 11 is 5.84. The van der Waals surface area contributed by atoms with E-state index in [0.717, 1.165) is 0 Å². The minimum absolute atomic E-state index is 0.0577. The van der Waals surface area contributed by atoms with E-state index < -0.39 is 31.1 Å². The van der Waals surface area contributed by atoms with Gasteiger partial charge < -0.3 is 30.5 Å². The number of anilines is 1. The van der Waals surface area contributed by atoms with Gasteiger partial charge in [0.1, 0.15) is 30.4 Å². The maximum Gasteiger partial charge on any atom is 0.167 e. The van der Waals surface area contributed by atoms with Crippen molar-refractivity contribution in [1.82, 2.24) is 19.5 Å². The molecule has 1 unspecified atom stereocenters. The molecule has 0 spiro atoms. The highest BCUT2D eigenvalue weighted by atomic mass is 35.5. The van der Waals surface area contributed by atoms with Crippen molar-refractivity contribution in [2.24, 2.45) is 0 Å². The number of fused-ring (bicyclic) bond motifs is 1. The van der Waals surface area contributed by atoms with Crippen LogP contribution in [-0.2, 0) is 11.3 Å². The van der Waals surface area contributed by atoms with Gasteiger partial charge in [-0.05, 0) is 12.1 Å². The highest BCUT2D eigenvalue weighted by Gasteiger charge is 2.44. The van der Waals surface area contributed by atoms with E-state index in [0.29, 0.717) is 27.6 Å². The van der Waals surface area contributed by atoms with Crippen LogP contribution in [0.15, 0.2) is 30.9 Å². The van der Waals surface area contributed by atoms with Crippen molar-refractivity contribution in [1.29, 1.82) is 0 Å². The van der Waals surface area contributed by atoms with Crippen LogP contribution in [0.3, 0.4) is 0 Å². The third-order valence-corrected chi connectivity index (χ3v) is 4.88. The van der Waals surface area contributed by atoms with Crippen molar-refractivity contribution in [3.05, 3.63) is 41.4 Å². The molecule has 148 valence electrons. The van der Waals surface area contributed by atoms with Gasteiger partial charge in [0.25, 0.3) is 0 Å². The lowest BCUT2D eigenvalue weighted by molar-refractivity contribution is -0.0511. The fraction of sp³-hybridized carbons (Fsp3) is 0.353. The van der Waals surface area contributed by atoms with Crippen molar-refractivity contribution < 1.29 is 25.2 Å². The Morgan fingerprint density at radius 2 is 2.00 bits per heavy atom. The Kier molecular flexibility index (Phi) is 5.04. The first-order valence-electron chi connectivity index (χ1n) is 8.51. The van der Waals surface area contributed by atoms with Gasteiger partial charge in [-0.25, -0.2) is 15.0 Å². The van der Waals surface area contributed by atoms with Crippen LogP contribution in [0.4, 0.5) is 5.82 Å². The average molecular weight is 408 g/mol. The molecule has 4 atom stereocenters. The SMILES string of the molecule is OC[C@H]1OC(n2cnc3c(NCc4ccc(Cl)cc4O)ncnc32)[C@@H](O)[C@@H]1O. The molecule has 1 fully saturated rings. The molecule has 10 nitrogen and oxygen atoms in total. The van der Waals surface area contributed by atoms with E-state index in [2.05, 4.69) is 20.3 Å². The van der Waals surface area contributed by atoms with E-state index in [9.17, 15) is 20.4 Å². The maximum absolute atomic E-state index is 10.2. The third-order valence-electron chi connectivity index (χ3n) is 4.64. The van der Waals surface area contributed by atoms with Gasteiger partial charge in [0.05, 0.1) is 12.9 Å². The van der Waals surface area contributed by atoms with Crippen LogP contribution in [0.1, 0.15) is 11.8 Å². The zero-order chi connectivity index (χ0) is 19.8. The molecule has 0 saturated carbocycles. The molecule has 11 heteroatoms. The first-order valence-corrected chi connectivity index (χ1v) is 8.88. The number of aliphatic hydroxyl groups excluding tert-OH is 3. The van der Waals surface area contributed by atoms with E-state index in [1.54, 1.807) is 12.1 Å². The summed E-state index contributed by atoms with van der Waals surface area (Å²) in [6.07, 6.45) is -1.56. The number of halogens is 1. The molecule has 28 heavy (non-hydrogen) atoms. The van der Waals surface area contributed by atoms with Gasteiger partial charge >= 0.3 is 0 Å². The maximum atomic E-state index is 10.2. The number of nitrogens with zero attached hydrogens (tertiary/aromatic N) is 4. The normalized spacial score (nSPS) is 24.7. The predicted octanol–water partition coefficient (Wildman–Crippen LogP) is 0.409. The first-order chi connectivity index (χ1) is 13.5. The van der Waals surface area contributed by atoms with Crippen LogP contribution in [0.2, 0.25) is 5.02 Å². The van der Waals surface area contributed by atoms with Gasteiger partial charge in [-0.2, -0.15) is 0 Å². The summed E-state index contributed by atoms with van der Waals surface area (Å²) in [7, 11) is 0. The van der Waals surface area contributed by atoms with Gasteiger partial charge in [-0.1, -0.05) is 17.7 Å². The Labute approximate surface area is 164 Å². The number of aromatic hydroxyl groups is 1. The Balaban J connectivity index is 1.60. The fourth-order valence-corrected chi connectivity index (χ4v) is 3.31. The number of imidazole rings is 1. The van der Waals surface area contributed by atoms with Gasteiger partial charge in [0, 0.05) is 17.1 Å². The average Bonchev–Trinajstić information content (AvgIpc) is 3.23. The smallest absolute Gasteiger partial charge is 0.167 e. The molecule has 1 saturated heterocycles. The standard InChI is InChI=1S/C17H18ClN5O5/c18-9-2-1-8(10(25)3-9)4-19-15-12-16(21-6-20-15)23(7-22-12)17-14(27)13(26)11(5-24)28-17/h1-3,6-7,11,13-14,17,24-27H,4-5H2,(H,19,20,21)/t11-,13-,14+,17?/m1/s1. The van der Waals surface area contributed by atoms with Crippen LogP contribution < -0.4 is 5.32 Å². The molecule has 0 bridgehead atoms. The number of phenolic OH excluding ortho intramolecular Hbond substituents is 1. The molecule has 0 radical (unpaired) electrons. The molecule has 1 aliphatic rings. The van der Waals surface area contributed by atoms with E-state index in [1.165, 1.54) is 23.3 Å². The second kappa shape index (κ2) is 7.49. The second-order valence-electron chi connectivity index (χ2n) is 6.40. The van der Waals surface area contributed by atoms with Crippen molar-refractivity contribution in [2.45, 2.75) is 31.1 Å². The van der Waals surface area contributed by atoms with E-state index in [4.69, 9.17) is 16.3 Å². The zero-order valence-electron chi connectivity index (χ0n) is 14.5. The number of hydrogen-bond donors (Lipinski definition) is 5. The van der Waals surface area contributed by atoms with Gasteiger partial charge in [0.15, 0.2) is 23.2 Å². The van der Waals surface area contributed by atoms with Crippen LogP contribution in [0, 0.1) is 0 Å². The molecule has 3 heterocycles. The lowest BCUT2D eigenvalue weighted by atomic mass is 10.1. The Morgan fingerprint density at radius 3 is 2.71 bits per heavy atom. The monoisotopic (exact) mass is 407 g/mol. The van der Waals surface area contributed by atoms with Crippen molar-refractivity contribution in [2.75, 3.05) is 11.9 Å². The summed E-state index contributed by atoms with van der Waals surface area (Å²) < 4.78 is 7.01. The number of aliphatic hydroxyl groups is 3. The molecule has 1 aliphatic heterocycles. The van der Waals surface area contributed by atoms with Gasteiger partial charge in [0.2, 0.25) is 0 Å². The highest BCUT2D eigenvalue weighted by Crippen LogP contribution is 2.32. The second-order valence-corrected chi connectivity index (χ2v) is 6.84. The van der Waals surface area contributed by atoms with Crippen molar-refractivity contribution >= 4 is 28.6 Å². The lowest BCUT2D eigenvalue weighted by Gasteiger charge is -2.16. The minimum atomic E-state index is -1.24. The number of phenols is 1. The van der Waals surface area contributed by atoms with E-state index >= 15 is 0 Å². The summed E-state index contributed by atoms with van der Waals surface area (Å²) in [6, 6.07) is 4.82. The quantitative estimate of drug-likeness (QED) is 0.405. The highest BCUT2D eigenvalue weighted by molar-refractivity contribution is 6.30. The molecule has 2 aromatic heterocycles. The Morgan fingerprint density at radius 1 is 1.18 bits per heavy atom. The number of aromatic nitrogens is 4. The third kappa shape index (κ3) is 3.25. The molecule has 0 aliphatic carbocycles. The van der Waals surface area contributed by atoms with Crippen LogP contribution >= 0.6 is 11.6 Å². The molecule has 5 N–H and O–H groups in total. The topological polar surface area (TPSA) is 146 Å².